The fourth-order valence-electron chi connectivity index (χ4n) is 3.18. The van der Waals surface area contributed by atoms with Crippen LogP contribution in [0.1, 0.15) is 23.1 Å². The van der Waals surface area contributed by atoms with Crippen molar-refractivity contribution in [1.29, 1.82) is 0 Å². The Balaban J connectivity index is 1.75. The average Bonchev–Trinajstić information content (AvgIpc) is 2.98. The number of nitrogens with zero attached hydrogens (tertiary/aromatic N) is 1. The molecule has 27 heavy (non-hydrogen) atoms. The quantitative estimate of drug-likeness (QED) is 0.812. The fraction of sp³-hybridized carbons (Fsp3) is 0.300. The Morgan fingerprint density at radius 3 is 2.59 bits per heavy atom. The standard InChI is InChI=1S/C20H19F3N2O2/c1-12-6-7-13(2)17(10-12)25-9-8-16(19(25)27)18(26)24-15-5-3-4-14(11-15)20(21,22)23/h3-7,10-11,16H,8-9H2,1-2H3,(H,24,26). The van der Waals surface area contributed by atoms with Crippen molar-refractivity contribution in [2.45, 2.75) is 26.4 Å². The molecule has 0 spiro atoms. The van der Waals surface area contributed by atoms with Gasteiger partial charge in [0.15, 0.2) is 0 Å². The average molecular weight is 376 g/mol. The van der Waals surface area contributed by atoms with Gasteiger partial charge in [0.2, 0.25) is 11.8 Å². The Bertz CT molecular complexity index is 893. The first-order chi connectivity index (χ1) is 12.7. The van der Waals surface area contributed by atoms with E-state index in [2.05, 4.69) is 5.32 Å². The van der Waals surface area contributed by atoms with E-state index in [1.165, 1.54) is 12.1 Å². The summed E-state index contributed by atoms with van der Waals surface area (Å²) in [6.45, 7) is 4.20. The number of rotatable bonds is 3. The van der Waals surface area contributed by atoms with Gasteiger partial charge in [-0.2, -0.15) is 13.2 Å². The van der Waals surface area contributed by atoms with Crippen LogP contribution in [0.3, 0.4) is 0 Å². The highest BCUT2D eigenvalue weighted by Crippen LogP contribution is 2.32. The van der Waals surface area contributed by atoms with Crippen molar-refractivity contribution in [3.63, 3.8) is 0 Å². The van der Waals surface area contributed by atoms with Crippen molar-refractivity contribution >= 4 is 23.2 Å². The van der Waals surface area contributed by atoms with Crippen LogP contribution < -0.4 is 10.2 Å². The molecule has 1 N–H and O–H groups in total. The number of anilines is 2. The predicted octanol–water partition coefficient (Wildman–Crippen LogP) is 4.31. The molecule has 1 atom stereocenters. The molecule has 142 valence electrons. The van der Waals surface area contributed by atoms with Crippen LogP contribution in [0.2, 0.25) is 0 Å². The summed E-state index contributed by atoms with van der Waals surface area (Å²) in [6.07, 6.45) is -4.18. The number of nitrogens with one attached hydrogen (secondary N) is 1. The zero-order valence-corrected chi connectivity index (χ0v) is 14.9. The number of carbonyl (C=O) groups excluding carboxylic acids is 2. The fourth-order valence-corrected chi connectivity index (χ4v) is 3.18. The van der Waals surface area contributed by atoms with Crippen LogP contribution >= 0.6 is 0 Å². The lowest BCUT2D eigenvalue weighted by atomic mass is 10.1. The van der Waals surface area contributed by atoms with Gasteiger partial charge in [0.25, 0.3) is 0 Å². The summed E-state index contributed by atoms with van der Waals surface area (Å²) < 4.78 is 38.4. The van der Waals surface area contributed by atoms with Gasteiger partial charge in [-0.05, 0) is 55.7 Å². The van der Waals surface area contributed by atoms with Crippen LogP contribution in [0.5, 0.6) is 0 Å². The highest BCUT2D eigenvalue weighted by molar-refractivity contribution is 6.13. The number of halogens is 3. The first-order valence-electron chi connectivity index (χ1n) is 8.53. The van der Waals surface area contributed by atoms with Crippen LogP contribution in [0.15, 0.2) is 42.5 Å². The van der Waals surface area contributed by atoms with E-state index in [4.69, 9.17) is 0 Å². The molecule has 1 aliphatic rings. The lowest BCUT2D eigenvalue weighted by Gasteiger charge is -2.20. The Labute approximate surface area is 155 Å². The van der Waals surface area contributed by atoms with Gasteiger partial charge in [0.1, 0.15) is 5.92 Å². The van der Waals surface area contributed by atoms with E-state index in [9.17, 15) is 22.8 Å². The first-order valence-corrected chi connectivity index (χ1v) is 8.53. The molecule has 3 rings (SSSR count). The van der Waals surface area contributed by atoms with Gasteiger partial charge < -0.3 is 10.2 Å². The van der Waals surface area contributed by atoms with Crippen molar-refractivity contribution in [2.75, 3.05) is 16.8 Å². The Kier molecular flexibility index (Phi) is 4.95. The van der Waals surface area contributed by atoms with Crippen LogP contribution in [-0.4, -0.2) is 18.4 Å². The van der Waals surface area contributed by atoms with Gasteiger partial charge in [0.05, 0.1) is 5.56 Å². The Hall–Kier alpha value is -2.83. The van der Waals surface area contributed by atoms with E-state index >= 15 is 0 Å². The maximum absolute atomic E-state index is 12.8. The number of aryl methyl sites for hydroxylation is 2. The molecule has 1 heterocycles. The van der Waals surface area contributed by atoms with E-state index in [0.29, 0.717) is 13.0 Å². The zero-order valence-electron chi connectivity index (χ0n) is 14.9. The molecule has 1 saturated heterocycles. The van der Waals surface area contributed by atoms with Gasteiger partial charge in [-0.3, -0.25) is 9.59 Å². The minimum absolute atomic E-state index is 0.0211. The maximum atomic E-state index is 12.8. The van der Waals surface area contributed by atoms with Crippen LogP contribution in [0.4, 0.5) is 24.5 Å². The summed E-state index contributed by atoms with van der Waals surface area (Å²) in [5, 5.41) is 2.44. The summed E-state index contributed by atoms with van der Waals surface area (Å²) in [5.74, 6) is -1.85. The molecule has 1 aliphatic heterocycles. The number of carbonyl (C=O) groups is 2. The second kappa shape index (κ2) is 7.06. The largest absolute Gasteiger partial charge is 0.416 e. The lowest BCUT2D eigenvalue weighted by molar-refractivity contribution is -0.137. The van der Waals surface area contributed by atoms with E-state index in [-0.39, 0.29) is 11.6 Å². The molecule has 7 heteroatoms. The number of alkyl halides is 3. The molecule has 0 aliphatic carbocycles. The highest BCUT2D eigenvalue weighted by Gasteiger charge is 2.38. The van der Waals surface area contributed by atoms with Gasteiger partial charge in [0, 0.05) is 17.9 Å². The van der Waals surface area contributed by atoms with Crippen molar-refractivity contribution < 1.29 is 22.8 Å². The van der Waals surface area contributed by atoms with Crippen LogP contribution in [0.25, 0.3) is 0 Å². The zero-order chi connectivity index (χ0) is 19.8. The van der Waals surface area contributed by atoms with Crippen molar-refractivity contribution in [3.8, 4) is 0 Å². The molecule has 2 aromatic rings. The summed E-state index contributed by atoms with van der Waals surface area (Å²) in [4.78, 5) is 26.8. The second-order valence-corrected chi connectivity index (χ2v) is 6.69. The lowest BCUT2D eigenvalue weighted by Crippen LogP contribution is -2.33. The van der Waals surface area contributed by atoms with Gasteiger partial charge in [-0.1, -0.05) is 18.2 Å². The Morgan fingerprint density at radius 2 is 1.89 bits per heavy atom. The summed E-state index contributed by atoms with van der Waals surface area (Å²) in [7, 11) is 0. The minimum Gasteiger partial charge on any atom is -0.325 e. The molecular weight excluding hydrogens is 357 g/mol. The van der Waals surface area contributed by atoms with Crippen molar-refractivity contribution in [2.24, 2.45) is 5.92 Å². The molecular formula is C20H19F3N2O2. The van der Waals surface area contributed by atoms with E-state index in [1.54, 1.807) is 4.90 Å². The monoisotopic (exact) mass is 376 g/mol. The topological polar surface area (TPSA) is 49.4 Å². The molecule has 0 saturated carbocycles. The van der Waals surface area contributed by atoms with Crippen molar-refractivity contribution in [3.05, 3.63) is 59.2 Å². The van der Waals surface area contributed by atoms with Crippen LogP contribution in [-0.2, 0) is 15.8 Å². The number of benzene rings is 2. The number of hydrogen-bond donors (Lipinski definition) is 1. The molecule has 1 fully saturated rings. The third-order valence-electron chi connectivity index (χ3n) is 4.63. The van der Waals surface area contributed by atoms with E-state index in [0.717, 1.165) is 28.9 Å². The molecule has 2 aromatic carbocycles. The maximum Gasteiger partial charge on any atom is 0.416 e. The molecule has 1 unspecified atom stereocenters. The smallest absolute Gasteiger partial charge is 0.325 e. The summed E-state index contributed by atoms with van der Waals surface area (Å²) in [5.41, 5.74) is 1.85. The molecule has 4 nitrogen and oxygen atoms in total. The van der Waals surface area contributed by atoms with E-state index in [1.807, 2.05) is 32.0 Å². The SMILES string of the molecule is Cc1ccc(C)c(N2CCC(C(=O)Nc3cccc(C(F)(F)F)c3)C2=O)c1. The molecule has 0 bridgehead atoms. The van der Waals surface area contributed by atoms with Gasteiger partial charge in [-0.25, -0.2) is 0 Å². The minimum atomic E-state index is -4.50. The van der Waals surface area contributed by atoms with Gasteiger partial charge in [-0.15, -0.1) is 0 Å². The molecule has 2 amide bonds. The van der Waals surface area contributed by atoms with Crippen molar-refractivity contribution in [1.82, 2.24) is 0 Å². The van der Waals surface area contributed by atoms with Crippen LogP contribution in [0, 0.1) is 19.8 Å². The van der Waals surface area contributed by atoms with E-state index < -0.39 is 23.6 Å². The number of amides is 2. The highest BCUT2D eigenvalue weighted by atomic mass is 19.4. The number of hydrogen-bond acceptors (Lipinski definition) is 2. The third kappa shape index (κ3) is 3.97. The third-order valence-corrected chi connectivity index (χ3v) is 4.63. The Morgan fingerprint density at radius 1 is 1.15 bits per heavy atom. The van der Waals surface area contributed by atoms with Gasteiger partial charge >= 0.3 is 6.18 Å². The first kappa shape index (κ1) is 18.9. The second-order valence-electron chi connectivity index (χ2n) is 6.69. The molecule has 0 aromatic heterocycles. The molecule has 0 radical (unpaired) electrons. The summed E-state index contributed by atoms with van der Waals surface area (Å²) >= 11 is 0. The summed E-state index contributed by atoms with van der Waals surface area (Å²) in [6, 6.07) is 10.1. The predicted molar refractivity (Wildman–Crippen MR) is 96.4 cm³/mol. The normalized spacial score (nSPS) is 17.3.